The lowest BCUT2D eigenvalue weighted by Crippen LogP contribution is -1.98. The number of nitro groups is 1. The highest BCUT2D eigenvalue weighted by Crippen LogP contribution is 2.39. The first-order valence-corrected chi connectivity index (χ1v) is 7.32. The number of ether oxygens (including phenoxy) is 1. The highest BCUT2D eigenvalue weighted by Gasteiger charge is 2.30. The molecule has 112 valence electrons. The first kappa shape index (κ1) is 15.8. The van der Waals surface area contributed by atoms with E-state index in [9.17, 15) is 10.1 Å². The number of benzene rings is 1. The van der Waals surface area contributed by atoms with Crippen molar-refractivity contribution in [3.8, 4) is 11.6 Å². The van der Waals surface area contributed by atoms with Crippen LogP contribution in [0.2, 0.25) is 5.02 Å². The summed E-state index contributed by atoms with van der Waals surface area (Å²) in [6, 6.07) is 5.05. The fourth-order valence-electron chi connectivity index (χ4n) is 1.85. The summed E-state index contributed by atoms with van der Waals surface area (Å²) >= 11 is 9.36. The molecule has 0 aliphatic heterocycles. The summed E-state index contributed by atoms with van der Waals surface area (Å²) in [5.74, 6) is 0.295. The molecule has 0 spiro atoms. The van der Waals surface area contributed by atoms with Crippen molar-refractivity contribution >= 4 is 33.2 Å². The molecule has 0 bridgehead atoms. The molecular weight excluding hydrogens is 362 g/mol. The zero-order valence-corrected chi connectivity index (χ0v) is 14.0. The van der Waals surface area contributed by atoms with Gasteiger partial charge in [-0.25, -0.2) is 4.68 Å². The average molecular weight is 375 g/mol. The maximum atomic E-state index is 11.3. The summed E-state index contributed by atoms with van der Waals surface area (Å²) in [7, 11) is 1.60. The SMILES string of the molecule is CC(C)c1nn(C)c(Oc2cc(Br)ccc2Cl)c1[N+](=O)[O-]. The van der Waals surface area contributed by atoms with Gasteiger partial charge in [0.25, 0.3) is 5.88 Å². The highest BCUT2D eigenvalue weighted by atomic mass is 79.9. The van der Waals surface area contributed by atoms with Gasteiger partial charge in [0.15, 0.2) is 0 Å². The van der Waals surface area contributed by atoms with E-state index < -0.39 is 4.92 Å². The molecule has 0 N–H and O–H groups in total. The highest BCUT2D eigenvalue weighted by molar-refractivity contribution is 9.10. The molecule has 2 rings (SSSR count). The van der Waals surface area contributed by atoms with Crippen LogP contribution in [0.25, 0.3) is 0 Å². The molecule has 2 aromatic rings. The fourth-order valence-corrected chi connectivity index (χ4v) is 2.35. The minimum atomic E-state index is -0.483. The Hall–Kier alpha value is -1.60. The molecule has 0 radical (unpaired) electrons. The number of aryl methyl sites for hydroxylation is 1. The van der Waals surface area contributed by atoms with Crippen molar-refractivity contribution in [2.75, 3.05) is 0 Å². The summed E-state index contributed by atoms with van der Waals surface area (Å²) in [5.41, 5.74) is 0.243. The quantitative estimate of drug-likeness (QED) is 0.576. The summed E-state index contributed by atoms with van der Waals surface area (Å²) in [4.78, 5) is 10.8. The molecule has 0 saturated heterocycles. The van der Waals surface area contributed by atoms with Gasteiger partial charge in [0.05, 0.1) is 9.95 Å². The number of hydrogen-bond acceptors (Lipinski definition) is 4. The molecule has 0 aliphatic rings. The second kappa shape index (κ2) is 6.03. The van der Waals surface area contributed by atoms with Gasteiger partial charge in [0.1, 0.15) is 11.4 Å². The second-order valence-corrected chi connectivity index (χ2v) is 6.07. The summed E-state index contributed by atoms with van der Waals surface area (Å²) in [6.45, 7) is 3.68. The molecule has 0 atom stereocenters. The van der Waals surface area contributed by atoms with Gasteiger partial charge in [-0.3, -0.25) is 10.1 Å². The Labute approximate surface area is 134 Å². The van der Waals surface area contributed by atoms with Crippen molar-refractivity contribution < 1.29 is 9.66 Å². The van der Waals surface area contributed by atoms with Gasteiger partial charge in [0, 0.05) is 17.4 Å². The molecule has 6 nitrogen and oxygen atoms in total. The Morgan fingerprint density at radius 2 is 2.14 bits per heavy atom. The van der Waals surface area contributed by atoms with Gasteiger partial charge in [-0.2, -0.15) is 5.10 Å². The van der Waals surface area contributed by atoms with E-state index in [1.807, 2.05) is 13.8 Å². The molecular formula is C13H13BrClN3O3. The third kappa shape index (κ3) is 3.19. The van der Waals surface area contributed by atoms with Gasteiger partial charge >= 0.3 is 5.69 Å². The minimum Gasteiger partial charge on any atom is -0.432 e. The van der Waals surface area contributed by atoms with Crippen LogP contribution in [0.5, 0.6) is 11.6 Å². The van der Waals surface area contributed by atoms with E-state index in [0.29, 0.717) is 16.5 Å². The fraction of sp³-hybridized carbons (Fsp3) is 0.308. The Morgan fingerprint density at radius 3 is 2.71 bits per heavy atom. The zero-order chi connectivity index (χ0) is 15.7. The van der Waals surface area contributed by atoms with Gasteiger partial charge < -0.3 is 4.74 Å². The third-order valence-electron chi connectivity index (χ3n) is 2.83. The normalized spacial score (nSPS) is 11.0. The Balaban J connectivity index is 2.54. The Bertz CT molecular complexity index is 700. The molecule has 1 aromatic heterocycles. The molecule has 0 unspecified atom stereocenters. The van der Waals surface area contributed by atoms with Gasteiger partial charge in [-0.15, -0.1) is 0 Å². The van der Waals surface area contributed by atoms with E-state index >= 15 is 0 Å². The molecule has 0 aliphatic carbocycles. The van der Waals surface area contributed by atoms with Gasteiger partial charge in [-0.05, 0) is 18.2 Å². The number of nitrogens with zero attached hydrogens (tertiary/aromatic N) is 3. The smallest absolute Gasteiger partial charge is 0.354 e. The summed E-state index contributed by atoms with van der Waals surface area (Å²) in [5, 5.41) is 15.9. The van der Waals surface area contributed by atoms with Crippen molar-refractivity contribution in [1.82, 2.24) is 9.78 Å². The monoisotopic (exact) mass is 373 g/mol. The van der Waals surface area contributed by atoms with E-state index in [4.69, 9.17) is 16.3 Å². The van der Waals surface area contributed by atoms with Gasteiger partial charge in [0.2, 0.25) is 0 Å². The van der Waals surface area contributed by atoms with Crippen LogP contribution in [0.4, 0.5) is 5.69 Å². The number of aromatic nitrogens is 2. The maximum absolute atomic E-state index is 11.3. The van der Waals surface area contributed by atoms with Crippen molar-refractivity contribution in [2.45, 2.75) is 19.8 Å². The molecule has 0 fully saturated rings. The van der Waals surface area contributed by atoms with Crippen LogP contribution in [0, 0.1) is 10.1 Å². The average Bonchev–Trinajstić information content (AvgIpc) is 2.72. The van der Waals surface area contributed by atoms with E-state index in [1.165, 1.54) is 4.68 Å². The minimum absolute atomic E-state index is 0.0590. The lowest BCUT2D eigenvalue weighted by atomic mass is 10.1. The lowest BCUT2D eigenvalue weighted by molar-refractivity contribution is -0.386. The molecule has 8 heteroatoms. The summed E-state index contributed by atoms with van der Waals surface area (Å²) in [6.07, 6.45) is 0. The number of rotatable bonds is 4. The Morgan fingerprint density at radius 1 is 1.48 bits per heavy atom. The number of hydrogen-bond donors (Lipinski definition) is 0. The van der Waals surface area contributed by atoms with Crippen molar-refractivity contribution in [1.29, 1.82) is 0 Å². The first-order valence-electron chi connectivity index (χ1n) is 6.15. The van der Waals surface area contributed by atoms with Crippen LogP contribution < -0.4 is 4.74 Å². The van der Waals surface area contributed by atoms with Crippen LogP contribution >= 0.6 is 27.5 Å². The lowest BCUT2D eigenvalue weighted by Gasteiger charge is -2.07. The van der Waals surface area contributed by atoms with E-state index in [1.54, 1.807) is 25.2 Å². The van der Waals surface area contributed by atoms with Crippen molar-refractivity contribution in [3.05, 3.63) is 43.5 Å². The van der Waals surface area contributed by atoms with E-state index in [2.05, 4.69) is 21.0 Å². The van der Waals surface area contributed by atoms with Crippen molar-refractivity contribution in [2.24, 2.45) is 7.05 Å². The topological polar surface area (TPSA) is 70.2 Å². The predicted octanol–water partition coefficient (Wildman–Crippen LogP) is 4.66. The molecule has 21 heavy (non-hydrogen) atoms. The van der Waals surface area contributed by atoms with Gasteiger partial charge in [-0.1, -0.05) is 41.4 Å². The largest absolute Gasteiger partial charge is 0.432 e. The third-order valence-corrected chi connectivity index (χ3v) is 3.63. The van der Waals surface area contributed by atoms with Crippen LogP contribution in [-0.4, -0.2) is 14.7 Å². The molecule has 0 saturated carbocycles. The standard InChI is InChI=1S/C13H13BrClN3O3/c1-7(2)11-12(18(19)20)13(17(3)16-11)21-10-6-8(14)4-5-9(10)15/h4-7H,1-3H3. The van der Waals surface area contributed by atoms with Crippen molar-refractivity contribution in [3.63, 3.8) is 0 Å². The van der Waals surface area contributed by atoms with E-state index in [0.717, 1.165) is 4.47 Å². The Kier molecular flexibility index (Phi) is 4.53. The van der Waals surface area contributed by atoms with Crippen LogP contribution in [-0.2, 0) is 7.05 Å². The molecule has 1 heterocycles. The first-order chi connectivity index (χ1) is 9.81. The van der Waals surface area contributed by atoms with Crippen LogP contribution in [0.3, 0.4) is 0 Å². The predicted molar refractivity (Wildman–Crippen MR) is 83.2 cm³/mol. The van der Waals surface area contributed by atoms with Crippen LogP contribution in [0.1, 0.15) is 25.5 Å². The zero-order valence-electron chi connectivity index (χ0n) is 11.6. The molecule has 0 amide bonds. The second-order valence-electron chi connectivity index (χ2n) is 4.75. The number of halogens is 2. The maximum Gasteiger partial charge on any atom is 0.354 e. The summed E-state index contributed by atoms with van der Waals surface area (Å²) < 4.78 is 7.75. The van der Waals surface area contributed by atoms with Crippen LogP contribution in [0.15, 0.2) is 22.7 Å². The van der Waals surface area contributed by atoms with E-state index in [-0.39, 0.29) is 17.5 Å². The molecule has 1 aromatic carbocycles.